The highest BCUT2D eigenvalue weighted by atomic mass is 16.3. The van der Waals surface area contributed by atoms with Gasteiger partial charge in [0.25, 0.3) is 0 Å². The van der Waals surface area contributed by atoms with Crippen molar-refractivity contribution < 1.29 is 4.42 Å². The number of rotatable bonds is 1. The Hall–Kier alpha value is -1.51. The first-order chi connectivity index (χ1) is 7.81. The quantitative estimate of drug-likeness (QED) is 0.742. The maximum absolute atomic E-state index is 5.88. The van der Waals surface area contributed by atoms with Crippen molar-refractivity contribution in [2.24, 2.45) is 11.8 Å². The number of hydrogen-bond acceptors (Lipinski definition) is 3. The van der Waals surface area contributed by atoms with Gasteiger partial charge in [-0.25, -0.2) is 4.98 Å². The van der Waals surface area contributed by atoms with E-state index in [-0.39, 0.29) is 0 Å². The molecular formula is C13H14N2O. The maximum atomic E-state index is 5.88. The predicted molar refractivity (Wildman–Crippen MR) is 62.0 cm³/mol. The predicted octanol–water partition coefficient (Wildman–Crippen LogP) is 2.92. The van der Waals surface area contributed by atoms with E-state index in [1.165, 1.54) is 19.3 Å². The molecule has 1 aromatic heterocycles. The molecule has 16 heavy (non-hydrogen) atoms. The normalized spacial score (nSPS) is 31.9. The van der Waals surface area contributed by atoms with Crippen LogP contribution in [0.25, 0.3) is 11.1 Å². The highest BCUT2D eigenvalue weighted by Crippen LogP contribution is 2.57. The standard InChI is InChI=1S/C13H14N2O/c14-10-2-1-3-11-12(10)15-13(16-11)9-5-7-4-8(7)6-9/h1-3,7-9H,4-6,14H2. The largest absolute Gasteiger partial charge is 0.440 e. The minimum Gasteiger partial charge on any atom is -0.440 e. The maximum Gasteiger partial charge on any atom is 0.198 e. The van der Waals surface area contributed by atoms with Gasteiger partial charge in [0.2, 0.25) is 0 Å². The van der Waals surface area contributed by atoms with Gasteiger partial charge >= 0.3 is 0 Å². The van der Waals surface area contributed by atoms with Crippen molar-refractivity contribution in [3.05, 3.63) is 24.1 Å². The Labute approximate surface area is 93.6 Å². The summed E-state index contributed by atoms with van der Waals surface area (Å²) >= 11 is 0. The number of para-hydroxylation sites is 1. The average molecular weight is 214 g/mol. The summed E-state index contributed by atoms with van der Waals surface area (Å²) in [5.41, 5.74) is 8.26. The first-order valence-electron chi connectivity index (χ1n) is 5.96. The van der Waals surface area contributed by atoms with Crippen LogP contribution in [0.1, 0.15) is 31.1 Å². The molecule has 0 spiro atoms. The summed E-state index contributed by atoms with van der Waals surface area (Å²) in [6.45, 7) is 0. The number of oxazole rings is 1. The number of nitrogens with two attached hydrogens (primary N) is 1. The average Bonchev–Trinajstić information content (AvgIpc) is 2.77. The SMILES string of the molecule is Nc1cccc2oc(C3CC4CC4C3)nc12. The van der Waals surface area contributed by atoms with Crippen molar-refractivity contribution in [1.82, 2.24) is 4.98 Å². The van der Waals surface area contributed by atoms with Crippen LogP contribution in [0.5, 0.6) is 0 Å². The molecule has 1 heterocycles. The second-order valence-electron chi connectivity index (χ2n) is 5.17. The zero-order valence-electron chi connectivity index (χ0n) is 9.02. The van der Waals surface area contributed by atoms with Crippen molar-refractivity contribution in [2.45, 2.75) is 25.2 Å². The van der Waals surface area contributed by atoms with Crippen LogP contribution >= 0.6 is 0 Å². The topological polar surface area (TPSA) is 52.0 Å². The molecule has 2 N–H and O–H groups in total. The molecule has 2 fully saturated rings. The van der Waals surface area contributed by atoms with Crippen molar-refractivity contribution >= 4 is 16.8 Å². The van der Waals surface area contributed by atoms with Crippen LogP contribution in [0, 0.1) is 11.8 Å². The Morgan fingerprint density at radius 1 is 1.19 bits per heavy atom. The summed E-state index contributed by atoms with van der Waals surface area (Å²) in [4.78, 5) is 4.56. The van der Waals surface area contributed by atoms with Crippen molar-refractivity contribution in [2.75, 3.05) is 5.73 Å². The van der Waals surface area contributed by atoms with Crippen LogP contribution in [-0.4, -0.2) is 4.98 Å². The Morgan fingerprint density at radius 2 is 2.00 bits per heavy atom. The lowest BCUT2D eigenvalue weighted by atomic mass is 10.0. The minimum absolute atomic E-state index is 0.538. The summed E-state index contributed by atoms with van der Waals surface area (Å²) in [6, 6.07) is 5.73. The smallest absolute Gasteiger partial charge is 0.198 e. The molecule has 2 aliphatic rings. The van der Waals surface area contributed by atoms with E-state index in [0.717, 1.165) is 34.5 Å². The fourth-order valence-electron chi connectivity index (χ4n) is 3.08. The van der Waals surface area contributed by atoms with Gasteiger partial charge in [-0.1, -0.05) is 6.07 Å². The van der Waals surface area contributed by atoms with Gasteiger partial charge < -0.3 is 10.2 Å². The molecule has 2 atom stereocenters. The molecule has 0 bridgehead atoms. The zero-order chi connectivity index (χ0) is 10.7. The number of benzene rings is 1. The van der Waals surface area contributed by atoms with Gasteiger partial charge in [-0.3, -0.25) is 0 Å². The fraction of sp³-hybridized carbons (Fsp3) is 0.462. The van der Waals surface area contributed by atoms with Crippen LogP contribution in [0.4, 0.5) is 5.69 Å². The van der Waals surface area contributed by atoms with Gasteiger partial charge in [-0.05, 0) is 43.2 Å². The summed E-state index contributed by atoms with van der Waals surface area (Å²) in [5, 5.41) is 0. The number of nitrogen functional groups attached to an aromatic ring is 1. The van der Waals surface area contributed by atoms with Gasteiger partial charge in [0.05, 0.1) is 5.69 Å². The van der Waals surface area contributed by atoms with E-state index in [0.29, 0.717) is 5.92 Å². The zero-order valence-corrected chi connectivity index (χ0v) is 9.02. The summed E-state index contributed by atoms with van der Waals surface area (Å²) in [6.07, 6.45) is 3.95. The van der Waals surface area contributed by atoms with E-state index < -0.39 is 0 Å². The van der Waals surface area contributed by atoms with Crippen LogP contribution in [-0.2, 0) is 0 Å². The summed E-state index contributed by atoms with van der Waals surface area (Å²) < 4.78 is 5.81. The van der Waals surface area contributed by atoms with Crippen molar-refractivity contribution in [3.8, 4) is 0 Å². The van der Waals surface area contributed by atoms with Gasteiger partial charge in [0.1, 0.15) is 5.52 Å². The molecule has 0 aliphatic heterocycles. The third-order valence-corrected chi connectivity index (χ3v) is 4.06. The van der Waals surface area contributed by atoms with Gasteiger partial charge in [-0.15, -0.1) is 0 Å². The lowest BCUT2D eigenvalue weighted by molar-refractivity contribution is 0.451. The second kappa shape index (κ2) is 2.78. The van der Waals surface area contributed by atoms with E-state index in [9.17, 15) is 0 Å². The first-order valence-corrected chi connectivity index (χ1v) is 5.96. The molecule has 0 saturated heterocycles. The molecule has 2 saturated carbocycles. The number of anilines is 1. The molecule has 0 amide bonds. The number of hydrogen-bond donors (Lipinski definition) is 1. The molecule has 2 aromatic rings. The van der Waals surface area contributed by atoms with E-state index in [1.54, 1.807) is 0 Å². The van der Waals surface area contributed by atoms with Crippen LogP contribution < -0.4 is 5.73 Å². The van der Waals surface area contributed by atoms with Gasteiger partial charge in [0, 0.05) is 5.92 Å². The minimum atomic E-state index is 0.538. The molecule has 3 heteroatoms. The van der Waals surface area contributed by atoms with E-state index in [4.69, 9.17) is 10.2 Å². The number of aromatic nitrogens is 1. The molecule has 2 unspecified atom stereocenters. The Bertz CT molecular complexity index is 550. The Balaban J connectivity index is 1.78. The molecule has 3 nitrogen and oxygen atoms in total. The second-order valence-corrected chi connectivity index (χ2v) is 5.17. The molecular weight excluding hydrogens is 200 g/mol. The van der Waals surface area contributed by atoms with Gasteiger partial charge in [0.15, 0.2) is 11.5 Å². The Kier molecular flexibility index (Phi) is 1.50. The first kappa shape index (κ1) is 8.62. The van der Waals surface area contributed by atoms with Gasteiger partial charge in [-0.2, -0.15) is 0 Å². The van der Waals surface area contributed by atoms with Crippen LogP contribution in [0.2, 0.25) is 0 Å². The van der Waals surface area contributed by atoms with Crippen molar-refractivity contribution in [1.29, 1.82) is 0 Å². The molecule has 2 aliphatic carbocycles. The third kappa shape index (κ3) is 1.11. The Morgan fingerprint density at radius 3 is 2.75 bits per heavy atom. The summed E-state index contributed by atoms with van der Waals surface area (Å²) in [5.74, 6) is 3.35. The number of nitrogens with zero attached hydrogens (tertiary/aromatic N) is 1. The lowest BCUT2D eigenvalue weighted by Crippen LogP contribution is -1.95. The monoisotopic (exact) mass is 214 g/mol. The summed E-state index contributed by atoms with van der Waals surface area (Å²) in [7, 11) is 0. The molecule has 4 rings (SSSR count). The highest BCUT2D eigenvalue weighted by molar-refractivity contribution is 5.85. The molecule has 1 aromatic carbocycles. The lowest BCUT2D eigenvalue weighted by Gasteiger charge is -2.04. The fourth-order valence-corrected chi connectivity index (χ4v) is 3.08. The molecule has 82 valence electrons. The van der Waals surface area contributed by atoms with E-state index >= 15 is 0 Å². The van der Waals surface area contributed by atoms with E-state index in [2.05, 4.69) is 4.98 Å². The number of fused-ring (bicyclic) bond motifs is 2. The van der Waals surface area contributed by atoms with Crippen LogP contribution in [0.3, 0.4) is 0 Å². The van der Waals surface area contributed by atoms with Crippen molar-refractivity contribution in [3.63, 3.8) is 0 Å². The highest BCUT2D eigenvalue weighted by Gasteiger charge is 2.47. The third-order valence-electron chi connectivity index (χ3n) is 4.06. The molecule has 0 radical (unpaired) electrons. The van der Waals surface area contributed by atoms with E-state index in [1.807, 2.05) is 18.2 Å². The van der Waals surface area contributed by atoms with Crippen LogP contribution in [0.15, 0.2) is 22.6 Å².